The molecule has 0 aliphatic heterocycles. The maximum atomic E-state index is 5.97. The van der Waals surface area contributed by atoms with Gasteiger partial charge in [-0.15, -0.1) is 24.0 Å². The minimum absolute atomic E-state index is 0. The van der Waals surface area contributed by atoms with Crippen LogP contribution in [0.1, 0.15) is 43.4 Å². The van der Waals surface area contributed by atoms with Gasteiger partial charge in [-0.2, -0.15) is 5.10 Å². The van der Waals surface area contributed by atoms with Crippen molar-refractivity contribution in [2.75, 3.05) is 7.05 Å². The number of guanidine groups is 1. The number of rotatable bonds is 6. The summed E-state index contributed by atoms with van der Waals surface area (Å²) in [7, 11) is 3.69. The van der Waals surface area contributed by atoms with Gasteiger partial charge in [0, 0.05) is 39.1 Å². The van der Waals surface area contributed by atoms with E-state index < -0.39 is 0 Å². The van der Waals surface area contributed by atoms with Crippen molar-refractivity contribution in [3.63, 3.8) is 0 Å². The number of halogens is 1. The summed E-state index contributed by atoms with van der Waals surface area (Å²) in [6.45, 7) is 1.32. The van der Waals surface area contributed by atoms with E-state index in [-0.39, 0.29) is 24.0 Å². The lowest BCUT2D eigenvalue weighted by molar-refractivity contribution is 0.148. The lowest BCUT2D eigenvalue weighted by Crippen LogP contribution is -2.36. The number of aromatic nitrogens is 3. The van der Waals surface area contributed by atoms with E-state index in [4.69, 9.17) is 4.74 Å². The molecule has 7 nitrogen and oxygen atoms in total. The Hall–Kier alpha value is -1.84. The molecule has 2 heterocycles. The van der Waals surface area contributed by atoms with Gasteiger partial charge in [-0.1, -0.05) is 12.5 Å². The van der Waals surface area contributed by atoms with E-state index in [1.807, 2.05) is 36.1 Å². The fourth-order valence-corrected chi connectivity index (χ4v) is 3.09. The standard InChI is InChI=1S/C19H28N6O.HI/c1-20-19(23-14-16-10-11-24-25(16)2)22-13-15-8-9-18(21-12-15)26-17-6-4-3-5-7-17;/h8-12,17H,3-7,13-14H2,1-2H3,(H2,20,22,23);1H. The molecule has 8 heteroatoms. The quantitative estimate of drug-likeness (QED) is 0.375. The Balaban J connectivity index is 0.00000261. The smallest absolute Gasteiger partial charge is 0.213 e. The van der Waals surface area contributed by atoms with Crippen LogP contribution in [0.15, 0.2) is 35.6 Å². The van der Waals surface area contributed by atoms with E-state index in [0.717, 1.165) is 35.9 Å². The zero-order valence-corrected chi connectivity index (χ0v) is 18.3. The second-order valence-corrected chi connectivity index (χ2v) is 6.61. The second-order valence-electron chi connectivity index (χ2n) is 6.61. The first-order valence-electron chi connectivity index (χ1n) is 9.27. The number of hydrogen-bond donors (Lipinski definition) is 2. The molecule has 1 aliphatic rings. The molecule has 1 saturated carbocycles. The van der Waals surface area contributed by atoms with Crippen LogP contribution >= 0.6 is 24.0 Å². The molecule has 3 rings (SSSR count). The molecule has 0 bridgehead atoms. The molecule has 0 saturated heterocycles. The van der Waals surface area contributed by atoms with Gasteiger partial charge in [0.05, 0.1) is 12.2 Å². The molecule has 1 aliphatic carbocycles. The van der Waals surface area contributed by atoms with Crippen molar-refractivity contribution >= 4 is 29.9 Å². The highest BCUT2D eigenvalue weighted by Crippen LogP contribution is 2.22. The zero-order chi connectivity index (χ0) is 18.2. The lowest BCUT2D eigenvalue weighted by Gasteiger charge is -2.22. The summed E-state index contributed by atoms with van der Waals surface area (Å²) >= 11 is 0. The number of aliphatic imine (C=N–C) groups is 1. The van der Waals surface area contributed by atoms with Crippen molar-refractivity contribution < 1.29 is 4.74 Å². The molecular weight excluding hydrogens is 455 g/mol. The van der Waals surface area contributed by atoms with Crippen molar-refractivity contribution in [1.82, 2.24) is 25.4 Å². The Bertz CT molecular complexity index is 709. The summed E-state index contributed by atoms with van der Waals surface area (Å²) in [5.41, 5.74) is 2.18. The number of nitrogens with one attached hydrogen (secondary N) is 2. The van der Waals surface area contributed by atoms with Crippen LogP contribution in [0.3, 0.4) is 0 Å². The van der Waals surface area contributed by atoms with Crippen LogP contribution in [0, 0.1) is 0 Å². The number of pyridine rings is 1. The van der Waals surface area contributed by atoms with Gasteiger partial charge in [0.15, 0.2) is 5.96 Å². The van der Waals surface area contributed by atoms with Gasteiger partial charge >= 0.3 is 0 Å². The number of ether oxygens (including phenoxy) is 1. The van der Waals surface area contributed by atoms with Gasteiger partial charge < -0.3 is 15.4 Å². The number of nitrogens with zero attached hydrogens (tertiary/aromatic N) is 4. The van der Waals surface area contributed by atoms with E-state index in [9.17, 15) is 0 Å². The van der Waals surface area contributed by atoms with Gasteiger partial charge in [-0.3, -0.25) is 9.67 Å². The fraction of sp³-hybridized carbons (Fsp3) is 0.526. The normalized spacial score (nSPS) is 15.1. The van der Waals surface area contributed by atoms with E-state index >= 15 is 0 Å². The van der Waals surface area contributed by atoms with Crippen molar-refractivity contribution in [2.45, 2.75) is 51.3 Å². The first-order valence-corrected chi connectivity index (χ1v) is 9.27. The molecular formula is C19H29IN6O. The Morgan fingerprint density at radius 1 is 1.19 bits per heavy atom. The van der Waals surface area contributed by atoms with Crippen LogP contribution in [0.2, 0.25) is 0 Å². The van der Waals surface area contributed by atoms with E-state index in [0.29, 0.717) is 19.2 Å². The van der Waals surface area contributed by atoms with Crippen molar-refractivity contribution in [3.8, 4) is 5.88 Å². The van der Waals surface area contributed by atoms with Crippen LogP contribution in [-0.4, -0.2) is 33.9 Å². The first-order chi connectivity index (χ1) is 12.7. The second kappa shape index (κ2) is 11.1. The van der Waals surface area contributed by atoms with E-state index in [1.54, 1.807) is 13.2 Å². The van der Waals surface area contributed by atoms with Gasteiger partial charge in [0.25, 0.3) is 0 Å². The highest BCUT2D eigenvalue weighted by molar-refractivity contribution is 14.0. The molecule has 0 unspecified atom stereocenters. The molecule has 148 valence electrons. The molecule has 2 aromatic heterocycles. The minimum atomic E-state index is 0. The number of aryl methyl sites for hydroxylation is 1. The molecule has 2 aromatic rings. The third kappa shape index (κ3) is 6.67. The first kappa shape index (κ1) is 21.5. The number of hydrogen-bond acceptors (Lipinski definition) is 4. The van der Waals surface area contributed by atoms with Gasteiger partial charge in [0.2, 0.25) is 5.88 Å². The van der Waals surface area contributed by atoms with E-state index in [1.165, 1.54) is 19.3 Å². The SMILES string of the molecule is CN=C(NCc1ccc(OC2CCCCC2)nc1)NCc1ccnn1C.I. The largest absolute Gasteiger partial charge is 0.474 e. The minimum Gasteiger partial charge on any atom is -0.474 e. The topological polar surface area (TPSA) is 76.4 Å². The van der Waals surface area contributed by atoms with Gasteiger partial charge in [-0.05, 0) is 37.3 Å². The van der Waals surface area contributed by atoms with Crippen LogP contribution in [0.25, 0.3) is 0 Å². The van der Waals surface area contributed by atoms with E-state index in [2.05, 4.69) is 25.7 Å². The Morgan fingerprint density at radius 2 is 1.96 bits per heavy atom. The predicted octanol–water partition coefficient (Wildman–Crippen LogP) is 3.01. The van der Waals surface area contributed by atoms with Crippen LogP contribution < -0.4 is 15.4 Å². The Kier molecular flexibility index (Phi) is 8.83. The highest BCUT2D eigenvalue weighted by Gasteiger charge is 2.15. The maximum Gasteiger partial charge on any atom is 0.213 e. The maximum absolute atomic E-state index is 5.97. The van der Waals surface area contributed by atoms with Crippen LogP contribution in [0.4, 0.5) is 0 Å². The molecule has 27 heavy (non-hydrogen) atoms. The average Bonchev–Trinajstić information content (AvgIpc) is 3.09. The van der Waals surface area contributed by atoms with Gasteiger partial charge in [-0.25, -0.2) is 4.98 Å². The third-order valence-electron chi connectivity index (χ3n) is 4.68. The summed E-state index contributed by atoms with van der Waals surface area (Å²) in [6, 6.07) is 5.99. The lowest BCUT2D eigenvalue weighted by atomic mass is 9.98. The van der Waals surface area contributed by atoms with Crippen molar-refractivity contribution in [2.24, 2.45) is 12.0 Å². The molecule has 2 N–H and O–H groups in total. The highest BCUT2D eigenvalue weighted by atomic mass is 127. The molecule has 1 fully saturated rings. The summed E-state index contributed by atoms with van der Waals surface area (Å²) in [4.78, 5) is 8.69. The molecule has 0 spiro atoms. The predicted molar refractivity (Wildman–Crippen MR) is 117 cm³/mol. The van der Waals surface area contributed by atoms with Crippen LogP contribution in [0.5, 0.6) is 5.88 Å². The fourth-order valence-electron chi connectivity index (χ4n) is 3.09. The van der Waals surface area contributed by atoms with Gasteiger partial charge in [0.1, 0.15) is 6.10 Å². The summed E-state index contributed by atoms with van der Waals surface area (Å²) in [5, 5.41) is 10.7. The molecule has 0 aromatic carbocycles. The van der Waals surface area contributed by atoms with Crippen molar-refractivity contribution in [1.29, 1.82) is 0 Å². The Labute approximate surface area is 178 Å². The average molecular weight is 484 g/mol. The Morgan fingerprint density at radius 3 is 2.59 bits per heavy atom. The van der Waals surface area contributed by atoms with Crippen LogP contribution in [-0.2, 0) is 20.1 Å². The monoisotopic (exact) mass is 484 g/mol. The molecule has 0 atom stereocenters. The summed E-state index contributed by atoms with van der Waals surface area (Å²) < 4.78 is 7.81. The molecule has 0 radical (unpaired) electrons. The summed E-state index contributed by atoms with van der Waals surface area (Å²) in [5.74, 6) is 1.47. The zero-order valence-electron chi connectivity index (χ0n) is 16.0. The van der Waals surface area contributed by atoms with Crippen molar-refractivity contribution in [3.05, 3.63) is 41.9 Å². The summed E-state index contributed by atoms with van der Waals surface area (Å²) in [6.07, 6.45) is 10.1. The molecule has 0 amide bonds. The third-order valence-corrected chi connectivity index (χ3v) is 4.68.